The fraction of sp³-hybridized carbons (Fsp3) is 0.0625. The molecule has 1 heterocycles. The van der Waals surface area contributed by atoms with E-state index >= 15 is 0 Å². The van der Waals surface area contributed by atoms with Crippen LogP contribution in [0, 0.1) is 0 Å². The molecule has 0 radical (unpaired) electrons. The van der Waals surface area contributed by atoms with Gasteiger partial charge in [-0.1, -0.05) is 51.4 Å². The molecule has 122 valence electrons. The molecule has 0 saturated heterocycles. The number of rotatable bonds is 5. The molecule has 1 N–H and O–H groups in total. The minimum Gasteiger partial charge on any atom is -0.411 e. The number of nitrogens with one attached hydrogen (secondary N) is 1. The Hall–Kier alpha value is -1.83. The lowest BCUT2D eigenvalue weighted by atomic mass is 10.2. The van der Waals surface area contributed by atoms with Crippen LogP contribution in [0.2, 0.25) is 5.02 Å². The lowest BCUT2D eigenvalue weighted by molar-refractivity contribution is -0.113. The Bertz CT molecular complexity index is 855. The third-order valence-electron chi connectivity index (χ3n) is 2.97. The topological polar surface area (TPSA) is 68.0 Å². The van der Waals surface area contributed by atoms with Gasteiger partial charge in [-0.3, -0.25) is 4.79 Å². The summed E-state index contributed by atoms with van der Waals surface area (Å²) in [4.78, 5) is 11.9. The molecule has 0 atom stereocenters. The number of hydrogen-bond donors (Lipinski definition) is 1. The molecular weight excluding hydrogens is 414 g/mol. The second kappa shape index (κ2) is 7.83. The predicted octanol–water partition coefficient (Wildman–Crippen LogP) is 4.88. The van der Waals surface area contributed by atoms with Crippen molar-refractivity contribution in [3.8, 4) is 11.5 Å². The molecule has 24 heavy (non-hydrogen) atoms. The standard InChI is InChI=1S/C16H11BrClN3O2S/c17-10-5-7-11(8-6-10)19-14(22)9-24-16-21-20-15(23-16)12-3-1-2-4-13(12)18/h1-8H,9H2,(H,19,22). The maximum absolute atomic E-state index is 11.9. The number of hydrogen-bond acceptors (Lipinski definition) is 5. The van der Waals surface area contributed by atoms with E-state index in [0.717, 1.165) is 10.2 Å². The van der Waals surface area contributed by atoms with Crippen molar-refractivity contribution in [2.75, 3.05) is 11.1 Å². The highest BCUT2D eigenvalue weighted by Crippen LogP contribution is 2.28. The van der Waals surface area contributed by atoms with Crippen LogP contribution in [0.4, 0.5) is 5.69 Å². The van der Waals surface area contributed by atoms with Crippen LogP contribution in [-0.4, -0.2) is 21.9 Å². The van der Waals surface area contributed by atoms with E-state index in [4.69, 9.17) is 16.0 Å². The molecule has 0 aliphatic heterocycles. The van der Waals surface area contributed by atoms with Crippen LogP contribution in [0.25, 0.3) is 11.5 Å². The number of nitrogens with zero attached hydrogens (tertiary/aromatic N) is 2. The summed E-state index contributed by atoms with van der Waals surface area (Å²) in [6.45, 7) is 0. The molecule has 0 fully saturated rings. The van der Waals surface area contributed by atoms with Crippen molar-refractivity contribution >= 4 is 50.9 Å². The first kappa shape index (κ1) is 17.0. The molecule has 0 unspecified atom stereocenters. The number of benzene rings is 2. The fourth-order valence-corrected chi connectivity index (χ4v) is 2.91. The maximum Gasteiger partial charge on any atom is 0.277 e. The number of halogens is 2. The van der Waals surface area contributed by atoms with Gasteiger partial charge in [-0.05, 0) is 36.4 Å². The van der Waals surface area contributed by atoms with Crippen LogP contribution in [-0.2, 0) is 4.79 Å². The second-order valence-corrected chi connectivity index (χ2v) is 6.95. The highest BCUT2D eigenvalue weighted by Gasteiger charge is 2.13. The van der Waals surface area contributed by atoms with Gasteiger partial charge in [-0.2, -0.15) is 0 Å². The SMILES string of the molecule is O=C(CSc1nnc(-c2ccccc2Cl)o1)Nc1ccc(Br)cc1. The van der Waals surface area contributed by atoms with Gasteiger partial charge >= 0.3 is 0 Å². The molecule has 3 rings (SSSR count). The first-order valence-corrected chi connectivity index (χ1v) is 9.04. The van der Waals surface area contributed by atoms with Gasteiger partial charge in [-0.25, -0.2) is 0 Å². The number of aromatic nitrogens is 2. The van der Waals surface area contributed by atoms with Gasteiger partial charge in [-0.15, -0.1) is 10.2 Å². The van der Waals surface area contributed by atoms with E-state index in [1.807, 2.05) is 36.4 Å². The average Bonchev–Trinajstić information content (AvgIpc) is 3.04. The normalized spacial score (nSPS) is 10.6. The van der Waals surface area contributed by atoms with E-state index in [2.05, 4.69) is 31.4 Å². The predicted molar refractivity (Wildman–Crippen MR) is 98.2 cm³/mol. The second-order valence-electron chi connectivity index (χ2n) is 4.70. The molecule has 0 aliphatic carbocycles. The molecule has 3 aromatic rings. The molecule has 1 aromatic heterocycles. The third-order valence-corrected chi connectivity index (χ3v) is 4.64. The summed E-state index contributed by atoms with van der Waals surface area (Å²) < 4.78 is 6.49. The van der Waals surface area contributed by atoms with Gasteiger partial charge in [0, 0.05) is 10.2 Å². The van der Waals surface area contributed by atoms with Crippen molar-refractivity contribution < 1.29 is 9.21 Å². The number of amides is 1. The van der Waals surface area contributed by atoms with Crippen LogP contribution in [0.15, 0.2) is 62.6 Å². The Morgan fingerprint density at radius 1 is 1.17 bits per heavy atom. The van der Waals surface area contributed by atoms with Gasteiger partial charge in [0.05, 0.1) is 16.3 Å². The van der Waals surface area contributed by atoms with Crippen LogP contribution in [0.1, 0.15) is 0 Å². The summed E-state index contributed by atoms with van der Waals surface area (Å²) in [5, 5.41) is 11.5. The molecule has 8 heteroatoms. The summed E-state index contributed by atoms with van der Waals surface area (Å²) >= 11 is 10.6. The number of carbonyl (C=O) groups excluding carboxylic acids is 1. The monoisotopic (exact) mass is 423 g/mol. The summed E-state index contributed by atoms with van der Waals surface area (Å²) in [7, 11) is 0. The van der Waals surface area contributed by atoms with Crippen LogP contribution >= 0.6 is 39.3 Å². The van der Waals surface area contributed by atoms with E-state index in [0.29, 0.717) is 21.7 Å². The lowest BCUT2D eigenvalue weighted by Gasteiger charge is -2.03. The van der Waals surface area contributed by atoms with Crippen LogP contribution in [0.3, 0.4) is 0 Å². The van der Waals surface area contributed by atoms with Gasteiger partial charge in [0.1, 0.15) is 0 Å². The molecule has 0 spiro atoms. The highest BCUT2D eigenvalue weighted by atomic mass is 79.9. The van der Waals surface area contributed by atoms with Crippen LogP contribution in [0.5, 0.6) is 0 Å². The molecular formula is C16H11BrClN3O2S. The Balaban J connectivity index is 1.58. The first-order valence-electron chi connectivity index (χ1n) is 6.88. The quantitative estimate of drug-likeness (QED) is 0.591. The lowest BCUT2D eigenvalue weighted by Crippen LogP contribution is -2.13. The number of anilines is 1. The van der Waals surface area contributed by atoms with E-state index in [1.54, 1.807) is 12.1 Å². The van der Waals surface area contributed by atoms with Crippen molar-refractivity contribution in [1.82, 2.24) is 10.2 Å². The molecule has 0 bridgehead atoms. The molecule has 5 nitrogen and oxygen atoms in total. The van der Waals surface area contributed by atoms with E-state index in [9.17, 15) is 4.79 Å². The zero-order valence-corrected chi connectivity index (χ0v) is 15.4. The van der Waals surface area contributed by atoms with Gasteiger partial charge in [0.15, 0.2) is 0 Å². The van der Waals surface area contributed by atoms with Crippen molar-refractivity contribution in [3.05, 3.63) is 58.0 Å². The zero-order chi connectivity index (χ0) is 16.9. The molecule has 1 amide bonds. The largest absolute Gasteiger partial charge is 0.411 e. The summed E-state index contributed by atoms with van der Waals surface area (Å²) in [5.74, 6) is 0.344. The van der Waals surface area contributed by atoms with Crippen molar-refractivity contribution in [2.45, 2.75) is 5.22 Å². The first-order chi connectivity index (χ1) is 11.6. The smallest absolute Gasteiger partial charge is 0.277 e. The Morgan fingerprint density at radius 2 is 1.92 bits per heavy atom. The summed E-state index contributed by atoms with van der Waals surface area (Å²) in [6.07, 6.45) is 0. The van der Waals surface area contributed by atoms with Crippen molar-refractivity contribution in [2.24, 2.45) is 0 Å². The molecule has 0 saturated carbocycles. The fourth-order valence-electron chi connectivity index (χ4n) is 1.87. The number of thioether (sulfide) groups is 1. The van der Waals surface area contributed by atoms with Gasteiger partial charge < -0.3 is 9.73 Å². The van der Waals surface area contributed by atoms with E-state index in [-0.39, 0.29) is 11.7 Å². The van der Waals surface area contributed by atoms with Gasteiger partial charge in [0.25, 0.3) is 5.22 Å². The Morgan fingerprint density at radius 3 is 2.67 bits per heavy atom. The molecule has 0 aliphatic rings. The minimum absolute atomic E-state index is 0.153. The van der Waals surface area contributed by atoms with E-state index < -0.39 is 0 Å². The Labute approximate surface area is 155 Å². The Kier molecular flexibility index (Phi) is 5.55. The third kappa shape index (κ3) is 4.37. The summed E-state index contributed by atoms with van der Waals surface area (Å²) in [5.41, 5.74) is 1.39. The van der Waals surface area contributed by atoms with Crippen LogP contribution < -0.4 is 5.32 Å². The van der Waals surface area contributed by atoms with Crippen molar-refractivity contribution in [3.63, 3.8) is 0 Å². The average molecular weight is 425 g/mol. The zero-order valence-electron chi connectivity index (χ0n) is 12.2. The summed E-state index contributed by atoms with van der Waals surface area (Å²) in [6, 6.07) is 14.6. The minimum atomic E-state index is -0.153. The molecule has 2 aromatic carbocycles. The maximum atomic E-state index is 11.9. The highest BCUT2D eigenvalue weighted by molar-refractivity contribution is 9.10. The van der Waals surface area contributed by atoms with Crippen molar-refractivity contribution in [1.29, 1.82) is 0 Å². The number of carbonyl (C=O) groups is 1. The van der Waals surface area contributed by atoms with E-state index in [1.165, 1.54) is 11.8 Å². The van der Waals surface area contributed by atoms with Gasteiger partial charge in [0.2, 0.25) is 11.8 Å².